The van der Waals surface area contributed by atoms with Crippen molar-refractivity contribution in [2.45, 2.75) is 25.0 Å². The molecule has 0 spiro atoms. The summed E-state index contributed by atoms with van der Waals surface area (Å²) < 4.78 is 37.0. The van der Waals surface area contributed by atoms with Crippen LogP contribution < -0.4 is 0 Å². The predicted octanol–water partition coefficient (Wildman–Crippen LogP) is 3.31. The van der Waals surface area contributed by atoms with Crippen molar-refractivity contribution < 1.29 is 12.8 Å². The van der Waals surface area contributed by atoms with Crippen molar-refractivity contribution in [2.75, 3.05) is 26.2 Å². The van der Waals surface area contributed by atoms with Crippen LogP contribution in [0.15, 0.2) is 52.0 Å². The minimum absolute atomic E-state index is 0.257. The minimum atomic E-state index is -3.53. The normalized spacial score (nSPS) is 16.2. The zero-order valence-electron chi connectivity index (χ0n) is 16.4. The van der Waals surface area contributed by atoms with Gasteiger partial charge in [-0.2, -0.15) is 4.31 Å². The molecule has 1 saturated heterocycles. The van der Waals surface area contributed by atoms with Crippen LogP contribution in [-0.2, 0) is 23.2 Å². The number of furan rings is 1. The summed E-state index contributed by atoms with van der Waals surface area (Å²) in [5.74, 6) is 1.36. The monoisotopic (exact) mass is 467 g/mol. The van der Waals surface area contributed by atoms with E-state index >= 15 is 0 Å². The van der Waals surface area contributed by atoms with E-state index in [1.165, 1.54) is 16.4 Å². The molecule has 1 fully saturated rings. The molecule has 1 aliphatic rings. The molecule has 0 amide bonds. The third-order valence-electron chi connectivity index (χ3n) is 5.10. The van der Waals surface area contributed by atoms with E-state index in [1.807, 2.05) is 23.6 Å². The Hall–Kier alpha value is -1.98. The SMILES string of the molecule is CCn1c(-c2ccco2)nn(CN2CCN(S(=O)(=O)c3ccc(Cl)cc3)CC2)c1=S. The molecule has 0 unspecified atom stereocenters. The first-order valence-electron chi connectivity index (χ1n) is 9.59. The Morgan fingerprint density at radius 3 is 2.43 bits per heavy atom. The number of sulfonamides is 1. The Kier molecular flexibility index (Phi) is 6.12. The lowest BCUT2D eigenvalue weighted by Crippen LogP contribution is -2.48. The zero-order chi connectivity index (χ0) is 21.3. The van der Waals surface area contributed by atoms with Gasteiger partial charge < -0.3 is 4.42 Å². The molecule has 3 heterocycles. The second-order valence-corrected chi connectivity index (χ2v) is 9.68. The molecule has 30 heavy (non-hydrogen) atoms. The van der Waals surface area contributed by atoms with Crippen LogP contribution in [0.1, 0.15) is 6.92 Å². The van der Waals surface area contributed by atoms with E-state index < -0.39 is 10.0 Å². The van der Waals surface area contributed by atoms with Gasteiger partial charge in [-0.05, 0) is 55.5 Å². The Labute approximate surface area is 185 Å². The number of hydrogen-bond acceptors (Lipinski definition) is 6. The number of halogens is 1. The average molecular weight is 468 g/mol. The lowest BCUT2D eigenvalue weighted by atomic mass is 10.4. The Morgan fingerprint density at radius 1 is 1.13 bits per heavy atom. The number of piperazine rings is 1. The van der Waals surface area contributed by atoms with Crippen LogP contribution in [0.5, 0.6) is 0 Å². The Morgan fingerprint density at radius 2 is 1.83 bits per heavy atom. The molecular weight excluding hydrogens is 446 g/mol. The van der Waals surface area contributed by atoms with E-state index in [2.05, 4.69) is 10.00 Å². The molecule has 1 aliphatic heterocycles. The van der Waals surface area contributed by atoms with E-state index in [0.717, 1.165) is 0 Å². The highest BCUT2D eigenvalue weighted by Crippen LogP contribution is 2.21. The van der Waals surface area contributed by atoms with E-state index in [-0.39, 0.29) is 4.90 Å². The molecule has 4 rings (SSSR count). The van der Waals surface area contributed by atoms with Crippen LogP contribution >= 0.6 is 23.8 Å². The molecule has 1 aromatic carbocycles. The molecule has 0 aliphatic carbocycles. The maximum atomic E-state index is 12.9. The van der Waals surface area contributed by atoms with E-state index in [9.17, 15) is 8.42 Å². The van der Waals surface area contributed by atoms with Gasteiger partial charge in [0.2, 0.25) is 10.0 Å². The fraction of sp³-hybridized carbons (Fsp3) is 0.368. The molecule has 8 nitrogen and oxygen atoms in total. The van der Waals surface area contributed by atoms with Crippen LogP contribution in [0.25, 0.3) is 11.6 Å². The lowest BCUT2D eigenvalue weighted by Gasteiger charge is -2.33. The number of hydrogen-bond donors (Lipinski definition) is 0. The van der Waals surface area contributed by atoms with Crippen molar-refractivity contribution in [3.8, 4) is 11.6 Å². The van der Waals surface area contributed by atoms with Crippen LogP contribution in [-0.4, -0.2) is 58.1 Å². The fourth-order valence-electron chi connectivity index (χ4n) is 3.46. The molecule has 2 aromatic heterocycles. The highest BCUT2D eigenvalue weighted by molar-refractivity contribution is 7.89. The summed E-state index contributed by atoms with van der Waals surface area (Å²) in [6.45, 7) is 5.16. The van der Waals surface area contributed by atoms with Crippen LogP contribution in [0.3, 0.4) is 0 Å². The second-order valence-electron chi connectivity index (χ2n) is 6.94. The molecule has 160 valence electrons. The summed E-state index contributed by atoms with van der Waals surface area (Å²) >= 11 is 11.5. The second kappa shape index (κ2) is 8.64. The molecule has 0 saturated carbocycles. The van der Waals surface area contributed by atoms with Crippen molar-refractivity contribution in [3.63, 3.8) is 0 Å². The Balaban J connectivity index is 1.45. The Bertz CT molecular complexity index is 1160. The molecule has 0 bridgehead atoms. The molecular formula is C19H22ClN5O3S2. The van der Waals surface area contributed by atoms with Crippen molar-refractivity contribution in [1.29, 1.82) is 0 Å². The molecule has 0 radical (unpaired) electrons. The molecule has 11 heteroatoms. The predicted molar refractivity (Wildman–Crippen MR) is 116 cm³/mol. The van der Waals surface area contributed by atoms with Gasteiger partial charge in [-0.25, -0.2) is 13.1 Å². The number of benzene rings is 1. The summed E-state index contributed by atoms with van der Waals surface area (Å²) in [7, 11) is -3.53. The number of aromatic nitrogens is 3. The van der Waals surface area contributed by atoms with Crippen molar-refractivity contribution in [3.05, 3.63) is 52.5 Å². The topological polar surface area (TPSA) is 76.5 Å². The van der Waals surface area contributed by atoms with Gasteiger partial charge in [-0.1, -0.05) is 11.6 Å². The van der Waals surface area contributed by atoms with Crippen molar-refractivity contribution >= 4 is 33.8 Å². The third kappa shape index (κ3) is 4.10. The van der Waals surface area contributed by atoms with E-state index in [1.54, 1.807) is 23.1 Å². The van der Waals surface area contributed by atoms with Crippen molar-refractivity contribution in [2.24, 2.45) is 0 Å². The average Bonchev–Trinajstić information content (AvgIpc) is 3.37. The third-order valence-corrected chi connectivity index (χ3v) is 7.69. The minimum Gasteiger partial charge on any atom is -0.461 e. The highest BCUT2D eigenvalue weighted by atomic mass is 35.5. The van der Waals surface area contributed by atoms with E-state index in [4.69, 9.17) is 28.2 Å². The van der Waals surface area contributed by atoms with Gasteiger partial charge in [-0.3, -0.25) is 9.47 Å². The van der Waals surface area contributed by atoms with Gasteiger partial charge >= 0.3 is 0 Å². The fourth-order valence-corrected chi connectivity index (χ4v) is 5.32. The number of rotatable bonds is 6. The van der Waals surface area contributed by atoms with Crippen molar-refractivity contribution in [1.82, 2.24) is 23.6 Å². The first-order valence-corrected chi connectivity index (χ1v) is 11.8. The summed E-state index contributed by atoms with van der Waals surface area (Å²) in [6, 6.07) is 9.93. The summed E-state index contributed by atoms with van der Waals surface area (Å²) in [5, 5.41) is 5.15. The summed E-state index contributed by atoms with van der Waals surface area (Å²) in [4.78, 5) is 2.40. The molecule has 0 atom stereocenters. The zero-order valence-corrected chi connectivity index (χ0v) is 18.8. The first kappa shape index (κ1) is 21.3. The van der Waals surface area contributed by atoms with Gasteiger partial charge in [0.1, 0.15) is 0 Å². The summed E-state index contributed by atoms with van der Waals surface area (Å²) in [5.41, 5.74) is 0. The molecule has 0 N–H and O–H groups in total. The number of nitrogens with zero attached hydrogens (tertiary/aromatic N) is 5. The van der Waals surface area contributed by atoms with Gasteiger partial charge in [0, 0.05) is 37.7 Å². The lowest BCUT2D eigenvalue weighted by molar-refractivity contribution is 0.144. The quantitative estimate of drug-likeness (QED) is 0.518. The smallest absolute Gasteiger partial charge is 0.243 e. The largest absolute Gasteiger partial charge is 0.461 e. The maximum Gasteiger partial charge on any atom is 0.243 e. The highest BCUT2D eigenvalue weighted by Gasteiger charge is 2.29. The van der Waals surface area contributed by atoms with Crippen LogP contribution in [0.2, 0.25) is 5.02 Å². The van der Waals surface area contributed by atoms with Gasteiger partial charge in [0.05, 0.1) is 17.8 Å². The molecule has 3 aromatic rings. The first-order chi connectivity index (χ1) is 14.4. The summed E-state index contributed by atoms with van der Waals surface area (Å²) in [6.07, 6.45) is 1.61. The standard InChI is InChI=1S/C19H22ClN5O3S2/c1-2-24-18(17-4-3-13-28-17)21-25(19(24)29)14-22-9-11-23(12-10-22)30(26,27)16-7-5-15(20)6-8-16/h3-8,13H,2,9-12,14H2,1H3. The maximum absolute atomic E-state index is 12.9. The van der Waals surface area contributed by atoms with Gasteiger partial charge in [0.15, 0.2) is 16.4 Å². The van der Waals surface area contributed by atoms with E-state index in [0.29, 0.717) is 60.8 Å². The van der Waals surface area contributed by atoms with Crippen LogP contribution in [0, 0.1) is 4.77 Å². The van der Waals surface area contributed by atoms with Crippen LogP contribution in [0.4, 0.5) is 0 Å². The van der Waals surface area contributed by atoms with Gasteiger partial charge in [0.25, 0.3) is 0 Å². The van der Waals surface area contributed by atoms with Gasteiger partial charge in [-0.15, -0.1) is 5.10 Å².